The van der Waals surface area contributed by atoms with E-state index in [0.717, 1.165) is 38.2 Å². The van der Waals surface area contributed by atoms with Crippen molar-refractivity contribution in [2.75, 3.05) is 0 Å². The van der Waals surface area contributed by atoms with E-state index in [4.69, 9.17) is 9.88 Å². The number of halogens is 1. The van der Waals surface area contributed by atoms with Gasteiger partial charge < -0.3 is 4.74 Å². The summed E-state index contributed by atoms with van der Waals surface area (Å²) < 4.78 is 41.8. The number of ether oxygens (including phenoxy) is 1. The third-order valence-corrected chi connectivity index (χ3v) is 4.50. The lowest BCUT2D eigenvalue weighted by Gasteiger charge is -2.22. The van der Waals surface area contributed by atoms with Crippen LogP contribution >= 0.6 is 0 Å². The van der Waals surface area contributed by atoms with Gasteiger partial charge in [0.05, 0.1) is 5.56 Å². The molecule has 1 fully saturated rings. The number of hydrogen-bond donors (Lipinski definition) is 1. The highest BCUT2D eigenvalue weighted by Crippen LogP contribution is 2.23. The molecule has 7 heteroatoms. The first-order valence-corrected chi connectivity index (χ1v) is 8.37. The van der Waals surface area contributed by atoms with Crippen LogP contribution in [0.25, 0.3) is 0 Å². The summed E-state index contributed by atoms with van der Waals surface area (Å²) in [6.45, 7) is 1.38. The second-order valence-electron chi connectivity index (χ2n) is 5.32. The van der Waals surface area contributed by atoms with Crippen molar-refractivity contribution >= 4 is 16.0 Å². The Labute approximate surface area is 123 Å². The molecule has 5 nitrogen and oxygen atoms in total. The van der Waals surface area contributed by atoms with Crippen LogP contribution in [0.5, 0.6) is 0 Å². The molecule has 1 saturated carbocycles. The van der Waals surface area contributed by atoms with Gasteiger partial charge in [-0.3, -0.25) is 0 Å². The highest BCUT2D eigenvalue weighted by molar-refractivity contribution is 7.89. The minimum Gasteiger partial charge on any atom is -0.459 e. The molecule has 1 aliphatic rings. The summed E-state index contributed by atoms with van der Waals surface area (Å²) in [4.78, 5) is 11.4. The SMILES string of the molecule is Cc1cc(C(=O)OC2CCCCC2)cc(S(N)(=O)=O)c1F. The third kappa shape index (κ3) is 3.79. The van der Waals surface area contributed by atoms with Crippen LogP contribution < -0.4 is 5.14 Å². The topological polar surface area (TPSA) is 86.5 Å². The standard InChI is InChI=1S/C14H18FNO4S/c1-9-7-10(8-12(13(9)15)21(16,18)19)14(17)20-11-5-3-2-4-6-11/h7-8,11H,2-6H2,1H3,(H2,16,18,19). The second-order valence-corrected chi connectivity index (χ2v) is 6.85. The Morgan fingerprint density at radius 3 is 2.48 bits per heavy atom. The van der Waals surface area contributed by atoms with Crippen LogP contribution in [-0.2, 0) is 14.8 Å². The molecule has 0 saturated heterocycles. The molecule has 0 radical (unpaired) electrons. The maximum atomic E-state index is 13.8. The average molecular weight is 315 g/mol. The van der Waals surface area contributed by atoms with Crippen LogP contribution in [0.1, 0.15) is 48.0 Å². The molecule has 1 aliphatic carbocycles. The van der Waals surface area contributed by atoms with Crippen molar-refractivity contribution in [1.82, 2.24) is 0 Å². The van der Waals surface area contributed by atoms with Crippen LogP contribution in [0, 0.1) is 12.7 Å². The Morgan fingerprint density at radius 1 is 1.29 bits per heavy atom. The van der Waals surface area contributed by atoms with Crippen molar-refractivity contribution in [3.63, 3.8) is 0 Å². The van der Waals surface area contributed by atoms with Crippen molar-refractivity contribution in [3.05, 3.63) is 29.1 Å². The average Bonchev–Trinajstić information content (AvgIpc) is 2.41. The van der Waals surface area contributed by atoms with Gasteiger partial charge in [-0.25, -0.2) is 22.7 Å². The number of esters is 1. The molecule has 0 unspecified atom stereocenters. The number of nitrogens with two attached hydrogens (primary N) is 1. The maximum absolute atomic E-state index is 13.8. The van der Waals surface area contributed by atoms with Crippen LogP contribution in [0.2, 0.25) is 0 Å². The molecule has 1 aromatic rings. The molecular formula is C14H18FNO4S. The molecule has 1 aromatic carbocycles. The van der Waals surface area contributed by atoms with Crippen molar-refractivity contribution in [2.45, 2.75) is 50.0 Å². The molecule has 0 atom stereocenters. The first-order chi connectivity index (χ1) is 9.79. The van der Waals surface area contributed by atoms with Crippen molar-refractivity contribution in [3.8, 4) is 0 Å². The number of benzene rings is 1. The molecule has 2 rings (SSSR count). The quantitative estimate of drug-likeness (QED) is 0.867. The van der Waals surface area contributed by atoms with Crippen molar-refractivity contribution in [2.24, 2.45) is 5.14 Å². The molecule has 21 heavy (non-hydrogen) atoms. The summed E-state index contributed by atoms with van der Waals surface area (Å²) in [5.74, 6) is -1.58. The van der Waals surface area contributed by atoms with Gasteiger partial charge in [0.25, 0.3) is 0 Å². The van der Waals surface area contributed by atoms with Gasteiger partial charge in [-0.05, 0) is 50.3 Å². The monoisotopic (exact) mass is 315 g/mol. The number of rotatable bonds is 3. The first-order valence-electron chi connectivity index (χ1n) is 6.83. The minimum absolute atomic E-state index is 0.00324. The zero-order valence-electron chi connectivity index (χ0n) is 11.8. The van der Waals surface area contributed by atoms with Gasteiger partial charge in [-0.1, -0.05) is 6.42 Å². The second kappa shape index (κ2) is 6.11. The number of carbonyl (C=O) groups excluding carboxylic acids is 1. The number of aryl methyl sites for hydroxylation is 1. The molecule has 0 bridgehead atoms. The van der Waals surface area contributed by atoms with Crippen LogP contribution in [-0.4, -0.2) is 20.5 Å². The van der Waals surface area contributed by atoms with Gasteiger partial charge in [0.15, 0.2) is 0 Å². The molecular weight excluding hydrogens is 297 g/mol. The first kappa shape index (κ1) is 15.9. The van der Waals surface area contributed by atoms with Gasteiger partial charge in [-0.15, -0.1) is 0 Å². The minimum atomic E-state index is -4.23. The maximum Gasteiger partial charge on any atom is 0.338 e. The van der Waals surface area contributed by atoms with E-state index in [1.165, 1.54) is 13.0 Å². The lowest BCUT2D eigenvalue weighted by atomic mass is 9.98. The lowest BCUT2D eigenvalue weighted by Crippen LogP contribution is -2.22. The third-order valence-electron chi connectivity index (χ3n) is 3.59. The molecule has 0 heterocycles. The Hall–Kier alpha value is -1.47. The normalized spacial score (nSPS) is 16.7. The highest BCUT2D eigenvalue weighted by atomic mass is 32.2. The van der Waals surface area contributed by atoms with E-state index in [1.807, 2.05) is 0 Å². The molecule has 2 N–H and O–H groups in total. The van der Waals surface area contributed by atoms with Gasteiger partial charge in [0, 0.05) is 0 Å². The fourth-order valence-electron chi connectivity index (χ4n) is 2.46. The Kier molecular flexibility index (Phi) is 4.63. The van der Waals surface area contributed by atoms with Gasteiger partial charge in [-0.2, -0.15) is 0 Å². The van der Waals surface area contributed by atoms with E-state index in [0.29, 0.717) is 0 Å². The smallest absolute Gasteiger partial charge is 0.338 e. The molecule has 0 aliphatic heterocycles. The Bertz CT molecular complexity index is 651. The van der Waals surface area contributed by atoms with E-state index < -0.39 is 26.7 Å². The Balaban J connectivity index is 2.27. The number of hydrogen-bond acceptors (Lipinski definition) is 4. The zero-order valence-corrected chi connectivity index (χ0v) is 12.6. The van der Waals surface area contributed by atoms with Crippen molar-refractivity contribution in [1.29, 1.82) is 0 Å². The van der Waals surface area contributed by atoms with Crippen LogP contribution in [0.15, 0.2) is 17.0 Å². The zero-order chi connectivity index (χ0) is 15.6. The largest absolute Gasteiger partial charge is 0.459 e. The number of carbonyl (C=O) groups is 1. The van der Waals surface area contributed by atoms with Crippen LogP contribution in [0.3, 0.4) is 0 Å². The molecule has 0 aromatic heterocycles. The van der Waals surface area contributed by atoms with E-state index in [2.05, 4.69) is 0 Å². The summed E-state index contributed by atoms with van der Waals surface area (Å²) >= 11 is 0. The fraction of sp³-hybridized carbons (Fsp3) is 0.500. The number of primary sulfonamides is 1. The molecule has 116 valence electrons. The Morgan fingerprint density at radius 2 is 1.90 bits per heavy atom. The predicted molar refractivity (Wildman–Crippen MR) is 74.8 cm³/mol. The summed E-state index contributed by atoms with van der Waals surface area (Å²) in [5.41, 5.74) is 0.0422. The van der Waals surface area contributed by atoms with Gasteiger partial charge in [0.1, 0.15) is 16.8 Å². The van der Waals surface area contributed by atoms with Crippen LogP contribution in [0.4, 0.5) is 4.39 Å². The van der Waals surface area contributed by atoms with E-state index in [-0.39, 0.29) is 17.2 Å². The fourth-order valence-corrected chi connectivity index (χ4v) is 3.17. The van der Waals surface area contributed by atoms with Gasteiger partial charge >= 0.3 is 5.97 Å². The number of sulfonamides is 1. The van der Waals surface area contributed by atoms with E-state index in [1.54, 1.807) is 0 Å². The van der Waals surface area contributed by atoms with Crippen molar-refractivity contribution < 1.29 is 22.3 Å². The predicted octanol–water partition coefficient (Wildman–Crippen LogP) is 2.27. The van der Waals surface area contributed by atoms with Gasteiger partial charge in [0.2, 0.25) is 10.0 Å². The highest BCUT2D eigenvalue weighted by Gasteiger charge is 2.23. The summed E-state index contributed by atoms with van der Waals surface area (Å²) in [6.07, 6.45) is 4.57. The van der Waals surface area contributed by atoms with E-state index in [9.17, 15) is 17.6 Å². The summed E-state index contributed by atoms with van der Waals surface area (Å²) in [7, 11) is -4.23. The lowest BCUT2D eigenvalue weighted by molar-refractivity contribution is 0.0210. The van der Waals surface area contributed by atoms with E-state index >= 15 is 0 Å². The summed E-state index contributed by atoms with van der Waals surface area (Å²) in [6, 6.07) is 2.21. The molecule has 0 amide bonds. The summed E-state index contributed by atoms with van der Waals surface area (Å²) in [5, 5.41) is 4.96. The molecule has 0 spiro atoms.